The number of likely N-dealkylation sites (N-methyl/N-ethyl adjacent to an activating group) is 1. The van der Waals surface area contributed by atoms with E-state index in [4.69, 9.17) is 5.41 Å². The van der Waals surface area contributed by atoms with Gasteiger partial charge >= 0.3 is 0 Å². The largest absolute Gasteiger partial charge is 0.331 e. The highest BCUT2D eigenvalue weighted by Crippen LogP contribution is 2.27. The summed E-state index contributed by atoms with van der Waals surface area (Å²) in [4.78, 5) is 10.7. The molecule has 0 saturated heterocycles. The zero-order chi connectivity index (χ0) is 22.4. The molecule has 2 aromatic heterocycles. The third-order valence-corrected chi connectivity index (χ3v) is 5.55. The zero-order valence-corrected chi connectivity index (χ0v) is 19.0. The van der Waals surface area contributed by atoms with Gasteiger partial charge in [-0.15, -0.1) is 0 Å². The van der Waals surface area contributed by atoms with E-state index in [1.165, 1.54) is 5.56 Å². The summed E-state index contributed by atoms with van der Waals surface area (Å²) >= 11 is 0. The number of pyridine rings is 2. The third-order valence-electron chi connectivity index (χ3n) is 5.55. The Morgan fingerprint density at radius 2 is 1.94 bits per heavy atom. The van der Waals surface area contributed by atoms with Crippen LogP contribution < -0.4 is 0 Å². The van der Waals surface area contributed by atoms with Crippen molar-refractivity contribution in [2.75, 3.05) is 6.54 Å². The van der Waals surface area contributed by atoms with Crippen LogP contribution in [0, 0.1) is 18.3 Å². The maximum absolute atomic E-state index is 8.69. The maximum atomic E-state index is 8.69. The molecule has 0 spiro atoms. The number of benzene rings is 1. The van der Waals surface area contributed by atoms with Crippen LogP contribution in [-0.4, -0.2) is 27.2 Å². The number of nitrogens with zero attached hydrogens (tertiary/aromatic N) is 3. The van der Waals surface area contributed by atoms with E-state index in [2.05, 4.69) is 79.8 Å². The second kappa shape index (κ2) is 10.2. The summed E-state index contributed by atoms with van der Waals surface area (Å²) in [6.45, 7) is 13.5. The summed E-state index contributed by atoms with van der Waals surface area (Å²) in [5, 5.41) is 9.79. The highest BCUT2D eigenvalue weighted by Gasteiger charge is 2.15. The fourth-order valence-corrected chi connectivity index (χ4v) is 3.89. The predicted octanol–water partition coefficient (Wildman–Crippen LogP) is 6.29. The molecule has 4 nitrogen and oxygen atoms in total. The minimum absolute atomic E-state index is 0.277. The lowest BCUT2D eigenvalue weighted by atomic mass is 9.88. The van der Waals surface area contributed by atoms with E-state index in [0.29, 0.717) is 24.7 Å². The van der Waals surface area contributed by atoms with E-state index in [1.54, 1.807) is 6.20 Å². The molecule has 0 radical (unpaired) electrons. The standard InChI is InChI=1S/C27H32N4/c1-6-31(27(28)18-22-10-12-26-24(17-22)8-7-14-30-26)21(5)9-11-25(19(2)3)23-13-15-29-20(4)16-23/h7-17,19,25,28H,5-6,18H2,1-4H3/b11-9-,28-27?. The normalized spacial score (nSPS) is 12.4. The van der Waals surface area contributed by atoms with Crippen LogP contribution in [0.1, 0.15) is 43.5 Å². The highest BCUT2D eigenvalue weighted by atomic mass is 15.2. The summed E-state index contributed by atoms with van der Waals surface area (Å²) in [5.74, 6) is 1.27. The Hall–Kier alpha value is -3.27. The first-order valence-corrected chi connectivity index (χ1v) is 10.9. The second-order valence-electron chi connectivity index (χ2n) is 8.25. The Labute approximate surface area is 185 Å². The average molecular weight is 413 g/mol. The van der Waals surface area contributed by atoms with Gasteiger partial charge in [0.1, 0.15) is 5.84 Å². The molecule has 2 heterocycles. The molecule has 1 atom stereocenters. The SMILES string of the molecule is C=C(/C=C\C(c1ccnc(C)c1)C(C)C)N(CC)C(=N)Cc1ccc2ncccc2c1. The molecule has 4 heteroatoms. The quantitative estimate of drug-likeness (QED) is 0.269. The Bertz CT molecular complexity index is 1100. The molecule has 0 saturated carbocycles. The van der Waals surface area contributed by atoms with Crippen LogP contribution in [0.3, 0.4) is 0 Å². The Balaban J connectivity index is 1.73. The number of allylic oxidation sites excluding steroid dienone is 2. The van der Waals surface area contributed by atoms with E-state index >= 15 is 0 Å². The summed E-state index contributed by atoms with van der Waals surface area (Å²) in [7, 11) is 0. The fraction of sp³-hybridized carbons (Fsp3) is 0.296. The molecule has 3 rings (SSSR count). The van der Waals surface area contributed by atoms with Crippen molar-refractivity contribution in [2.24, 2.45) is 5.92 Å². The van der Waals surface area contributed by atoms with Gasteiger partial charge in [-0.05, 0) is 67.3 Å². The lowest BCUT2D eigenvalue weighted by Crippen LogP contribution is -2.30. The number of hydrogen-bond donors (Lipinski definition) is 1. The molecule has 0 aliphatic carbocycles. The van der Waals surface area contributed by atoms with Gasteiger partial charge in [-0.1, -0.05) is 38.6 Å². The van der Waals surface area contributed by atoms with Crippen LogP contribution in [-0.2, 0) is 6.42 Å². The van der Waals surface area contributed by atoms with Crippen molar-refractivity contribution in [3.05, 3.63) is 96.1 Å². The van der Waals surface area contributed by atoms with Crippen molar-refractivity contribution in [1.82, 2.24) is 14.9 Å². The van der Waals surface area contributed by atoms with Crippen molar-refractivity contribution in [1.29, 1.82) is 5.41 Å². The maximum Gasteiger partial charge on any atom is 0.105 e. The van der Waals surface area contributed by atoms with Crippen LogP contribution in [0.25, 0.3) is 10.9 Å². The van der Waals surface area contributed by atoms with Gasteiger partial charge in [0, 0.05) is 48.1 Å². The molecule has 3 aromatic rings. The number of rotatable bonds is 8. The summed E-state index contributed by atoms with van der Waals surface area (Å²) < 4.78 is 0. The summed E-state index contributed by atoms with van der Waals surface area (Å²) in [6.07, 6.45) is 8.50. The van der Waals surface area contributed by atoms with Gasteiger partial charge in [0.05, 0.1) is 5.52 Å². The first-order valence-electron chi connectivity index (χ1n) is 10.9. The molecule has 160 valence electrons. The van der Waals surface area contributed by atoms with Gasteiger partial charge in [-0.3, -0.25) is 15.4 Å². The first-order chi connectivity index (χ1) is 14.9. The summed E-state index contributed by atoms with van der Waals surface area (Å²) in [5.41, 5.74) is 5.20. The molecule has 1 unspecified atom stereocenters. The molecular formula is C27H32N4. The number of amidine groups is 1. The third kappa shape index (κ3) is 5.66. The van der Waals surface area contributed by atoms with Gasteiger partial charge in [0.2, 0.25) is 0 Å². The van der Waals surface area contributed by atoms with E-state index < -0.39 is 0 Å². The van der Waals surface area contributed by atoms with Crippen molar-refractivity contribution >= 4 is 16.7 Å². The van der Waals surface area contributed by atoms with Crippen molar-refractivity contribution in [3.8, 4) is 0 Å². The van der Waals surface area contributed by atoms with Crippen LogP contribution in [0.5, 0.6) is 0 Å². The minimum Gasteiger partial charge on any atom is -0.331 e. The van der Waals surface area contributed by atoms with Crippen molar-refractivity contribution in [3.63, 3.8) is 0 Å². The van der Waals surface area contributed by atoms with E-state index in [9.17, 15) is 0 Å². The lowest BCUT2D eigenvalue weighted by Gasteiger charge is -2.25. The molecule has 0 amide bonds. The molecule has 1 aromatic carbocycles. The predicted molar refractivity (Wildman–Crippen MR) is 130 cm³/mol. The van der Waals surface area contributed by atoms with Gasteiger partial charge in [0.15, 0.2) is 0 Å². The topological polar surface area (TPSA) is 52.9 Å². The van der Waals surface area contributed by atoms with Crippen LogP contribution in [0.2, 0.25) is 0 Å². The molecular weight excluding hydrogens is 380 g/mol. The number of aromatic nitrogens is 2. The van der Waals surface area contributed by atoms with Crippen LogP contribution in [0.4, 0.5) is 0 Å². The number of hydrogen-bond acceptors (Lipinski definition) is 3. The van der Waals surface area contributed by atoms with Crippen LogP contribution >= 0.6 is 0 Å². The number of fused-ring (bicyclic) bond motifs is 1. The highest BCUT2D eigenvalue weighted by molar-refractivity contribution is 5.85. The number of aryl methyl sites for hydroxylation is 1. The molecule has 0 aliphatic heterocycles. The van der Waals surface area contributed by atoms with E-state index in [-0.39, 0.29) is 5.92 Å². The molecule has 0 bridgehead atoms. The Morgan fingerprint density at radius 3 is 2.65 bits per heavy atom. The lowest BCUT2D eigenvalue weighted by molar-refractivity contribution is 0.541. The van der Waals surface area contributed by atoms with E-state index in [1.807, 2.05) is 30.2 Å². The molecule has 31 heavy (non-hydrogen) atoms. The number of nitrogens with one attached hydrogen (secondary N) is 1. The molecule has 1 N–H and O–H groups in total. The smallest absolute Gasteiger partial charge is 0.105 e. The minimum atomic E-state index is 0.277. The van der Waals surface area contributed by atoms with Gasteiger partial charge < -0.3 is 4.90 Å². The first kappa shape index (κ1) is 22.4. The van der Waals surface area contributed by atoms with Crippen LogP contribution in [0.15, 0.2) is 79.3 Å². The molecule has 0 fully saturated rings. The average Bonchev–Trinajstić information content (AvgIpc) is 2.74. The Kier molecular flexibility index (Phi) is 7.35. The Morgan fingerprint density at radius 1 is 1.13 bits per heavy atom. The fourth-order valence-electron chi connectivity index (χ4n) is 3.89. The van der Waals surface area contributed by atoms with Crippen molar-refractivity contribution < 1.29 is 0 Å². The van der Waals surface area contributed by atoms with E-state index in [0.717, 1.165) is 27.9 Å². The summed E-state index contributed by atoms with van der Waals surface area (Å²) in [6, 6.07) is 14.4. The zero-order valence-electron chi connectivity index (χ0n) is 19.0. The van der Waals surface area contributed by atoms with Gasteiger partial charge in [-0.25, -0.2) is 0 Å². The van der Waals surface area contributed by atoms with Gasteiger partial charge in [-0.2, -0.15) is 0 Å². The monoisotopic (exact) mass is 412 g/mol. The van der Waals surface area contributed by atoms with Crippen molar-refractivity contribution in [2.45, 2.75) is 40.0 Å². The second-order valence-corrected chi connectivity index (χ2v) is 8.25. The molecule has 0 aliphatic rings. The van der Waals surface area contributed by atoms with Gasteiger partial charge in [0.25, 0.3) is 0 Å².